The summed E-state index contributed by atoms with van der Waals surface area (Å²) in [7, 11) is 0. The van der Waals surface area contributed by atoms with Crippen molar-refractivity contribution in [1.82, 2.24) is 9.80 Å². The minimum atomic E-state index is 0.353. The smallest absolute Gasteiger partial charge is 0.223 e. The fraction of sp³-hybridized carbons (Fsp3) is 0.500. The topological polar surface area (TPSA) is 23.6 Å². The molecule has 0 radical (unpaired) electrons. The van der Waals surface area contributed by atoms with Gasteiger partial charge in [-0.3, -0.25) is 9.69 Å². The van der Waals surface area contributed by atoms with Crippen LogP contribution < -0.4 is 0 Å². The van der Waals surface area contributed by atoms with E-state index < -0.39 is 0 Å². The van der Waals surface area contributed by atoms with E-state index in [1.807, 2.05) is 0 Å². The van der Waals surface area contributed by atoms with Gasteiger partial charge in [-0.1, -0.05) is 60.2 Å². The Kier molecular flexibility index (Phi) is 5.17. The third kappa shape index (κ3) is 3.85. The second-order valence-electron chi connectivity index (χ2n) is 9.46. The standard InChI is InChI=1S/C26H32N2O/c1-19-7-5-10-21(13-19)16-27-17-22-15-23(18-27)25(14-20-8-3-2-4-9-20)28-24(22)11-6-12-26(28)29/h2-5,7-10,13,22-25H,6,11-12,14-18H2,1H3/t22-,23+,24+,25+/m1/s1. The van der Waals surface area contributed by atoms with Gasteiger partial charge in [0, 0.05) is 38.1 Å². The summed E-state index contributed by atoms with van der Waals surface area (Å²) in [6.07, 6.45) is 5.28. The average Bonchev–Trinajstić information content (AvgIpc) is 2.72. The number of hydrogen-bond donors (Lipinski definition) is 0. The Bertz CT molecular complexity index is 864. The van der Waals surface area contributed by atoms with Gasteiger partial charge < -0.3 is 4.90 Å². The summed E-state index contributed by atoms with van der Waals surface area (Å²) in [5.41, 5.74) is 4.12. The summed E-state index contributed by atoms with van der Waals surface area (Å²) in [5, 5.41) is 0. The second-order valence-corrected chi connectivity index (χ2v) is 9.46. The average molecular weight is 389 g/mol. The van der Waals surface area contributed by atoms with E-state index in [-0.39, 0.29) is 0 Å². The predicted molar refractivity (Wildman–Crippen MR) is 116 cm³/mol. The van der Waals surface area contributed by atoms with E-state index in [1.54, 1.807) is 0 Å². The number of rotatable bonds is 4. The fourth-order valence-corrected chi connectivity index (χ4v) is 6.19. The molecule has 152 valence electrons. The maximum absolute atomic E-state index is 13.0. The number of fused-ring (bicyclic) bond motifs is 4. The number of hydrogen-bond acceptors (Lipinski definition) is 2. The lowest BCUT2D eigenvalue weighted by atomic mass is 9.70. The molecule has 2 aromatic carbocycles. The number of carbonyl (C=O) groups is 1. The lowest BCUT2D eigenvalue weighted by molar-refractivity contribution is -0.152. The number of amides is 1. The van der Waals surface area contributed by atoms with Crippen LogP contribution in [0.4, 0.5) is 0 Å². The molecule has 3 heterocycles. The summed E-state index contributed by atoms with van der Waals surface area (Å²) in [6, 6.07) is 20.5. The van der Waals surface area contributed by atoms with E-state index in [1.165, 1.54) is 29.5 Å². The first-order chi connectivity index (χ1) is 14.2. The molecular formula is C26H32N2O. The van der Waals surface area contributed by atoms with E-state index in [2.05, 4.69) is 71.3 Å². The van der Waals surface area contributed by atoms with Crippen LogP contribution in [0.5, 0.6) is 0 Å². The molecule has 0 N–H and O–H groups in total. The van der Waals surface area contributed by atoms with Gasteiger partial charge in [0.1, 0.15) is 0 Å². The zero-order valence-electron chi connectivity index (χ0n) is 17.5. The molecule has 0 aliphatic carbocycles. The van der Waals surface area contributed by atoms with Crippen molar-refractivity contribution in [3.05, 3.63) is 71.3 Å². The number of likely N-dealkylation sites (tertiary alicyclic amines) is 1. The van der Waals surface area contributed by atoms with E-state index in [0.717, 1.165) is 38.9 Å². The van der Waals surface area contributed by atoms with Crippen molar-refractivity contribution >= 4 is 5.91 Å². The molecule has 1 amide bonds. The van der Waals surface area contributed by atoms with Crippen molar-refractivity contribution < 1.29 is 4.79 Å². The minimum Gasteiger partial charge on any atom is -0.336 e. The highest BCUT2D eigenvalue weighted by Crippen LogP contribution is 2.42. The Balaban J connectivity index is 1.40. The van der Waals surface area contributed by atoms with Crippen LogP contribution in [0.3, 0.4) is 0 Å². The molecule has 3 aliphatic heterocycles. The van der Waals surface area contributed by atoms with Crippen molar-refractivity contribution in [3.8, 4) is 0 Å². The van der Waals surface area contributed by atoms with Crippen LogP contribution in [0.1, 0.15) is 42.4 Å². The van der Waals surface area contributed by atoms with E-state index in [9.17, 15) is 4.79 Å². The van der Waals surface area contributed by atoms with Crippen LogP contribution in [0.25, 0.3) is 0 Å². The van der Waals surface area contributed by atoms with Crippen molar-refractivity contribution in [1.29, 1.82) is 0 Å². The summed E-state index contributed by atoms with van der Waals surface area (Å²) < 4.78 is 0. The molecule has 3 aliphatic rings. The van der Waals surface area contributed by atoms with Gasteiger partial charge >= 0.3 is 0 Å². The van der Waals surface area contributed by atoms with E-state index in [0.29, 0.717) is 29.8 Å². The van der Waals surface area contributed by atoms with Crippen molar-refractivity contribution in [2.24, 2.45) is 11.8 Å². The van der Waals surface area contributed by atoms with Crippen LogP contribution in [-0.2, 0) is 17.8 Å². The molecule has 4 atom stereocenters. The molecular weight excluding hydrogens is 356 g/mol. The first-order valence-corrected chi connectivity index (χ1v) is 11.3. The monoisotopic (exact) mass is 388 g/mol. The van der Waals surface area contributed by atoms with Crippen LogP contribution in [0, 0.1) is 18.8 Å². The lowest BCUT2D eigenvalue weighted by Crippen LogP contribution is -2.65. The van der Waals surface area contributed by atoms with Crippen LogP contribution >= 0.6 is 0 Å². The molecule has 29 heavy (non-hydrogen) atoms. The zero-order valence-corrected chi connectivity index (χ0v) is 17.5. The number of benzene rings is 2. The van der Waals surface area contributed by atoms with Gasteiger partial charge in [0.05, 0.1) is 0 Å². The Morgan fingerprint density at radius 1 is 0.966 bits per heavy atom. The van der Waals surface area contributed by atoms with Gasteiger partial charge in [-0.2, -0.15) is 0 Å². The van der Waals surface area contributed by atoms with E-state index >= 15 is 0 Å². The van der Waals surface area contributed by atoms with Crippen molar-refractivity contribution in [2.75, 3.05) is 13.1 Å². The van der Waals surface area contributed by atoms with Crippen LogP contribution in [-0.4, -0.2) is 40.9 Å². The fourth-order valence-electron chi connectivity index (χ4n) is 6.19. The highest BCUT2D eigenvalue weighted by Gasteiger charge is 2.49. The molecule has 3 saturated heterocycles. The van der Waals surface area contributed by atoms with Gasteiger partial charge in [0.25, 0.3) is 0 Å². The quantitative estimate of drug-likeness (QED) is 0.773. The number of aryl methyl sites for hydroxylation is 1. The first-order valence-electron chi connectivity index (χ1n) is 11.3. The van der Waals surface area contributed by atoms with Crippen LogP contribution in [0.2, 0.25) is 0 Å². The van der Waals surface area contributed by atoms with Crippen molar-refractivity contribution in [3.63, 3.8) is 0 Å². The molecule has 2 aromatic rings. The molecule has 3 heteroatoms. The molecule has 3 nitrogen and oxygen atoms in total. The zero-order chi connectivity index (χ0) is 19.8. The SMILES string of the molecule is Cc1cccc(CN2C[C@H]3C[C@@H](C2)[C@H](Cc2ccccc2)N2C(=O)CCC[C@@H]32)c1. The molecule has 0 spiro atoms. The molecule has 0 saturated carbocycles. The number of piperidine rings is 3. The highest BCUT2D eigenvalue weighted by atomic mass is 16.2. The Morgan fingerprint density at radius 2 is 1.76 bits per heavy atom. The van der Waals surface area contributed by atoms with Gasteiger partial charge in [-0.25, -0.2) is 0 Å². The predicted octanol–water partition coefficient (Wildman–Crippen LogP) is 4.44. The Hall–Kier alpha value is -2.13. The van der Waals surface area contributed by atoms with E-state index in [4.69, 9.17) is 0 Å². The summed E-state index contributed by atoms with van der Waals surface area (Å²) in [5.74, 6) is 1.62. The van der Waals surface area contributed by atoms with Gasteiger partial charge in [-0.15, -0.1) is 0 Å². The summed E-state index contributed by atoms with van der Waals surface area (Å²) in [6.45, 7) is 5.46. The summed E-state index contributed by atoms with van der Waals surface area (Å²) in [4.78, 5) is 18.0. The lowest BCUT2D eigenvalue weighted by Gasteiger charge is -2.57. The van der Waals surface area contributed by atoms with Crippen molar-refractivity contribution in [2.45, 2.75) is 57.7 Å². The Labute approximate surface area is 174 Å². The molecule has 5 rings (SSSR count). The molecule has 0 aromatic heterocycles. The Morgan fingerprint density at radius 3 is 2.59 bits per heavy atom. The van der Waals surface area contributed by atoms with Crippen LogP contribution in [0.15, 0.2) is 54.6 Å². The molecule has 0 unspecified atom stereocenters. The first kappa shape index (κ1) is 18.9. The molecule has 3 fully saturated rings. The number of nitrogens with zero attached hydrogens (tertiary/aromatic N) is 2. The summed E-state index contributed by atoms with van der Waals surface area (Å²) >= 11 is 0. The maximum atomic E-state index is 13.0. The maximum Gasteiger partial charge on any atom is 0.223 e. The molecule has 2 bridgehead atoms. The minimum absolute atomic E-state index is 0.353. The number of carbonyl (C=O) groups excluding carboxylic acids is 1. The second kappa shape index (κ2) is 7.95. The largest absolute Gasteiger partial charge is 0.336 e. The third-order valence-corrected chi connectivity index (χ3v) is 7.35. The van der Waals surface area contributed by atoms with Gasteiger partial charge in [0.2, 0.25) is 5.91 Å². The van der Waals surface area contributed by atoms with Gasteiger partial charge in [-0.05, 0) is 55.6 Å². The normalized spacial score (nSPS) is 29.6. The third-order valence-electron chi connectivity index (χ3n) is 7.35. The van der Waals surface area contributed by atoms with Gasteiger partial charge in [0.15, 0.2) is 0 Å². The highest BCUT2D eigenvalue weighted by molar-refractivity contribution is 5.78.